The summed E-state index contributed by atoms with van der Waals surface area (Å²) in [6, 6.07) is 0.282. The molecule has 1 fully saturated rings. The van der Waals surface area contributed by atoms with Gasteiger partial charge in [0.15, 0.2) is 0 Å². The first-order valence-electron chi connectivity index (χ1n) is 5.28. The van der Waals surface area contributed by atoms with Crippen LogP contribution in [-0.4, -0.2) is 43.7 Å². The molecule has 5 heteroatoms. The van der Waals surface area contributed by atoms with Gasteiger partial charge in [0.1, 0.15) is 0 Å². The molecule has 1 aliphatic rings. The lowest BCUT2D eigenvalue weighted by atomic mass is 10.2. The molecule has 0 aromatic heterocycles. The van der Waals surface area contributed by atoms with E-state index < -0.39 is 0 Å². The minimum absolute atomic E-state index is 0. The zero-order chi connectivity index (χ0) is 10.4. The summed E-state index contributed by atoms with van der Waals surface area (Å²) < 4.78 is 4.91. The molecule has 2 N–H and O–H groups in total. The normalized spacial score (nSPS) is 20.1. The zero-order valence-electron chi connectivity index (χ0n) is 9.28. The minimum Gasteiger partial charge on any atom is -0.385 e. The molecule has 0 bridgehead atoms. The lowest BCUT2D eigenvalue weighted by Gasteiger charge is -2.23. The quantitative estimate of drug-likeness (QED) is 0.718. The van der Waals surface area contributed by atoms with Crippen LogP contribution < -0.4 is 5.73 Å². The van der Waals surface area contributed by atoms with Crippen LogP contribution in [0.15, 0.2) is 0 Å². The molecule has 0 aromatic carbocycles. The lowest BCUT2D eigenvalue weighted by Crippen LogP contribution is -2.39. The number of hydrogen-bond acceptors (Lipinski definition) is 3. The Morgan fingerprint density at radius 1 is 1.60 bits per heavy atom. The number of nitrogens with two attached hydrogens (primary N) is 1. The number of ether oxygens (including phenoxy) is 1. The van der Waals surface area contributed by atoms with Crippen molar-refractivity contribution in [2.45, 2.75) is 31.7 Å². The summed E-state index contributed by atoms with van der Waals surface area (Å²) in [6.45, 7) is 2.14. The Morgan fingerprint density at radius 3 is 2.93 bits per heavy atom. The van der Waals surface area contributed by atoms with E-state index in [2.05, 4.69) is 0 Å². The molecular weight excluding hydrogens is 216 g/mol. The number of halogens is 1. The van der Waals surface area contributed by atoms with Crippen LogP contribution in [0.2, 0.25) is 0 Å². The number of rotatable bonds is 5. The summed E-state index contributed by atoms with van der Waals surface area (Å²) >= 11 is 0. The Labute approximate surface area is 97.5 Å². The highest BCUT2D eigenvalue weighted by Crippen LogP contribution is 2.17. The van der Waals surface area contributed by atoms with Gasteiger partial charge in [-0.15, -0.1) is 12.4 Å². The van der Waals surface area contributed by atoms with Gasteiger partial charge in [0.05, 0.1) is 0 Å². The van der Waals surface area contributed by atoms with Gasteiger partial charge in [-0.25, -0.2) is 0 Å². The van der Waals surface area contributed by atoms with Crippen LogP contribution in [-0.2, 0) is 9.53 Å². The molecule has 1 saturated heterocycles. The molecule has 1 heterocycles. The highest BCUT2D eigenvalue weighted by Gasteiger charge is 2.26. The Morgan fingerprint density at radius 2 is 2.33 bits per heavy atom. The van der Waals surface area contributed by atoms with Gasteiger partial charge < -0.3 is 15.4 Å². The molecule has 1 rings (SSSR count). The average molecular weight is 237 g/mol. The van der Waals surface area contributed by atoms with E-state index in [1.807, 2.05) is 4.90 Å². The predicted octanol–water partition coefficient (Wildman–Crippen LogP) is 0.784. The Balaban J connectivity index is 0.00000196. The van der Waals surface area contributed by atoms with Crippen LogP contribution in [0.5, 0.6) is 0 Å². The van der Waals surface area contributed by atoms with E-state index in [1.54, 1.807) is 7.11 Å². The van der Waals surface area contributed by atoms with Crippen molar-refractivity contribution in [2.75, 3.05) is 26.8 Å². The van der Waals surface area contributed by atoms with Gasteiger partial charge in [-0.1, -0.05) is 0 Å². The maximum Gasteiger partial charge on any atom is 0.222 e. The number of carbonyl (C=O) groups excluding carboxylic acids is 1. The SMILES string of the molecule is COCCCC(=O)N1CCCC1CN.Cl. The highest BCUT2D eigenvalue weighted by atomic mass is 35.5. The van der Waals surface area contributed by atoms with Crippen LogP contribution in [0.3, 0.4) is 0 Å². The smallest absolute Gasteiger partial charge is 0.222 e. The van der Waals surface area contributed by atoms with Crippen molar-refractivity contribution in [3.05, 3.63) is 0 Å². The van der Waals surface area contributed by atoms with Crippen LogP contribution in [0, 0.1) is 0 Å². The van der Waals surface area contributed by atoms with Crippen molar-refractivity contribution in [1.29, 1.82) is 0 Å². The zero-order valence-corrected chi connectivity index (χ0v) is 10.1. The summed E-state index contributed by atoms with van der Waals surface area (Å²) in [4.78, 5) is 13.6. The second kappa shape index (κ2) is 7.91. The van der Waals surface area contributed by atoms with Crippen molar-refractivity contribution in [3.8, 4) is 0 Å². The number of amides is 1. The molecule has 15 heavy (non-hydrogen) atoms. The largest absolute Gasteiger partial charge is 0.385 e. The number of nitrogens with zero attached hydrogens (tertiary/aromatic N) is 1. The third kappa shape index (κ3) is 4.36. The average Bonchev–Trinajstić information content (AvgIpc) is 2.65. The van der Waals surface area contributed by atoms with Gasteiger partial charge in [0.25, 0.3) is 0 Å². The van der Waals surface area contributed by atoms with Gasteiger partial charge in [-0.3, -0.25) is 4.79 Å². The first-order chi connectivity index (χ1) is 6.79. The van der Waals surface area contributed by atoms with Gasteiger partial charge >= 0.3 is 0 Å². The summed E-state index contributed by atoms with van der Waals surface area (Å²) in [6.07, 6.45) is 3.55. The second-order valence-corrected chi connectivity index (χ2v) is 3.72. The van der Waals surface area contributed by atoms with Crippen molar-refractivity contribution in [3.63, 3.8) is 0 Å². The molecule has 1 unspecified atom stereocenters. The Bertz CT molecular complexity index is 190. The van der Waals surface area contributed by atoms with Crippen molar-refractivity contribution in [1.82, 2.24) is 4.90 Å². The fourth-order valence-electron chi connectivity index (χ4n) is 1.92. The third-order valence-corrected chi connectivity index (χ3v) is 2.71. The van der Waals surface area contributed by atoms with Crippen molar-refractivity contribution in [2.24, 2.45) is 5.73 Å². The van der Waals surface area contributed by atoms with E-state index in [9.17, 15) is 4.79 Å². The van der Waals surface area contributed by atoms with E-state index in [0.29, 0.717) is 19.6 Å². The van der Waals surface area contributed by atoms with Crippen molar-refractivity contribution >= 4 is 18.3 Å². The second-order valence-electron chi connectivity index (χ2n) is 3.72. The van der Waals surface area contributed by atoms with Crippen LogP contribution in [0.25, 0.3) is 0 Å². The third-order valence-electron chi connectivity index (χ3n) is 2.71. The van der Waals surface area contributed by atoms with E-state index in [-0.39, 0.29) is 24.4 Å². The first kappa shape index (κ1) is 14.7. The number of methoxy groups -OCH3 is 1. The van der Waals surface area contributed by atoms with Gasteiger partial charge in [0.2, 0.25) is 5.91 Å². The monoisotopic (exact) mass is 236 g/mol. The molecule has 1 amide bonds. The fourth-order valence-corrected chi connectivity index (χ4v) is 1.92. The van der Waals surface area contributed by atoms with Crippen molar-refractivity contribution < 1.29 is 9.53 Å². The summed E-state index contributed by atoms with van der Waals surface area (Å²) in [5, 5.41) is 0. The van der Waals surface area contributed by atoms with E-state index in [1.165, 1.54) is 0 Å². The number of likely N-dealkylation sites (tertiary alicyclic amines) is 1. The molecule has 1 aliphatic heterocycles. The van der Waals surface area contributed by atoms with Gasteiger partial charge in [-0.2, -0.15) is 0 Å². The van der Waals surface area contributed by atoms with E-state index >= 15 is 0 Å². The van der Waals surface area contributed by atoms with Crippen LogP contribution in [0.1, 0.15) is 25.7 Å². The molecule has 0 saturated carbocycles. The van der Waals surface area contributed by atoms with E-state index in [0.717, 1.165) is 25.8 Å². The predicted molar refractivity (Wildman–Crippen MR) is 62.1 cm³/mol. The number of carbonyl (C=O) groups is 1. The Kier molecular flexibility index (Phi) is 7.74. The molecule has 1 atom stereocenters. The molecule has 90 valence electrons. The van der Waals surface area contributed by atoms with Gasteiger partial charge in [0, 0.05) is 39.3 Å². The molecule has 0 aromatic rings. The summed E-state index contributed by atoms with van der Waals surface area (Å²) in [5.41, 5.74) is 5.60. The maximum absolute atomic E-state index is 11.7. The lowest BCUT2D eigenvalue weighted by molar-refractivity contribution is -0.132. The van der Waals surface area contributed by atoms with E-state index in [4.69, 9.17) is 10.5 Å². The van der Waals surface area contributed by atoms with Gasteiger partial charge in [-0.05, 0) is 19.3 Å². The molecular formula is C10H21ClN2O2. The molecule has 0 radical (unpaired) electrons. The molecule has 0 spiro atoms. The first-order valence-corrected chi connectivity index (χ1v) is 5.28. The van der Waals surface area contributed by atoms with Crippen LogP contribution >= 0.6 is 12.4 Å². The van der Waals surface area contributed by atoms with Crippen LogP contribution in [0.4, 0.5) is 0 Å². The summed E-state index contributed by atoms with van der Waals surface area (Å²) in [5.74, 6) is 0.231. The standard InChI is InChI=1S/C10H20N2O2.ClH/c1-14-7-3-5-10(13)12-6-2-4-9(12)8-11;/h9H,2-8,11H2,1H3;1H. The molecule has 0 aliphatic carbocycles. The minimum atomic E-state index is 0. The Hall–Kier alpha value is -0.320. The summed E-state index contributed by atoms with van der Waals surface area (Å²) in [7, 11) is 1.66. The maximum atomic E-state index is 11.7. The topological polar surface area (TPSA) is 55.6 Å². The highest BCUT2D eigenvalue weighted by molar-refractivity contribution is 5.85. The molecule has 4 nitrogen and oxygen atoms in total. The number of hydrogen-bond donors (Lipinski definition) is 1. The fraction of sp³-hybridized carbons (Fsp3) is 0.900.